The summed E-state index contributed by atoms with van der Waals surface area (Å²) in [6, 6.07) is 0. The zero-order chi connectivity index (χ0) is 23.0. The van der Waals surface area contributed by atoms with E-state index in [4.69, 9.17) is 18.5 Å². The summed E-state index contributed by atoms with van der Waals surface area (Å²) in [6.07, 6.45) is 18.3. The van der Waals surface area contributed by atoms with Crippen LogP contribution in [-0.2, 0) is 23.1 Å². The van der Waals surface area contributed by atoms with E-state index in [9.17, 15) is 9.46 Å². The van der Waals surface area contributed by atoms with E-state index in [1.807, 2.05) is 0 Å². The zero-order valence-electron chi connectivity index (χ0n) is 20.4. The Bertz CT molecular complexity index is 414. The van der Waals surface area contributed by atoms with Gasteiger partial charge in [0.2, 0.25) is 0 Å². The minimum Gasteiger partial charge on any atom is -0.379 e. The number of ether oxygens (including phenoxy) is 2. The lowest BCUT2D eigenvalue weighted by molar-refractivity contribution is -0.0220. The summed E-state index contributed by atoms with van der Waals surface area (Å²) in [5, 5.41) is 2.83. The second kappa shape index (κ2) is 23.2. The first-order valence-corrected chi connectivity index (χ1v) is 13.9. The van der Waals surface area contributed by atoms with Gasteiger partial charge in [-0.25, -0.2) is 4.57 Å². The number of hydrogen-bond donors (Lipinski definition) is 2. The molecule has 2 N–H and O–H groups in total. The molecule has 8 heteroatoms. The highest BCUT2D eigenvalue weighted by molar-refractivity contribution is 7.47. The van der Waals surface area contributed by atoms with Gasteiger partial charge in [-0.1, -0.05) is 90.4 Å². The van der Waals surface area contributed by atoms with E-state index in [1.54, 1.807) is 7.05 Å². The molecule has 0 radical (unpaired) electrons. The van der Waals surface area contributed by atoms with Crippen molar-refractivity contribution in [1.29, 1.82) is 0 Å². The molecule has 0 aromatic heterocycles. The molecular formula is C23H50NO6P. The standard InChI is InChI=1S/C23H50NO6P/c1-4-5-6-7-8-9-10-11-12-13-14-15-16-17-19-28-21-23(27-3)22-30-31(25,26)29-20-18-24-2/h23-24H,4-22H2,1-3H3,(H,25,26). The number of likely N-dealkylation sites (N-methyl/N-ethyl adjacent to an activating group) is 1. The topological polar surface area (TPSA) is 86.3 Å². The molecule has 2 unspecified atom stereocenters. The van der Waals surface area contributed by atoms with Crippen LogP contribution in [0.1, 0.15) is 96.8 Å². The minimum absolute atomic E-state index is 0.0391. The molecule has 0 bridgehead atoms. The summed E-state index contributed by atoms with van der Waals surface area (Å²) in [6.45, 7) is 3.83. The Balaban J connectivity index is 3.43. The first-order chi connectivity index (χ1) is 15.1. The van der Waals surface area contributed by atoms with Crippen LogP contribution in [0.5, 0.6) is 0 Å². The van der Waals surface area contributed by atoms with Gasteiger partial charge in [-0.15, -0.1) is 0 Å². The predicted octanol–water partition coefficient (Wildman–Crippen LogP) is 5.85. The van der Waals surface area contributed by atoms with Gasteiger partial charge in [0.05, 0.1) is 19.8 Å². The maximum absolute atomic E-state index is 11.7. The number of methoxy groups -OCH3 is 1. The van der Waals surface area contributed by atoms with E-state index in [-0.39, 0.29) is 19.3 Å². The Kier molecular flexibility index (Phi) is 23.2. The van der Waals surface area contributed by atoms with E-state index >= 15 is 0 Å². The average molecular weight is 468 g/mol. The molecule has 2 atom stereocenters. The summed E-state index contributed by atoms with van der Waals surface area (Å²) in [7, 11) is -0.766. The van der Waals surface area contributed by atoms with Crippen molar-refractivity contribution in [3.63, 3.8) is 0 Å². The third-order valence-electron chi connectivity index (χ3n) is 5.31. The van der Waals surface area contributed by atoms with Crippen molar-refractivity contribution in [1.82, 2.24) is 5.32 Å². The number of hydrogen-bond acceptors (Lipinski definition) is 6. The van der Waals surface area contributed by atoms with Gasteiger partial charge in [0, 0.05) is 20.3 Å². The van der Waals surface area contributed by atoms with Crippen molar-refractivity contribution in [3.8, 4) is 0 Å². The van der Waals surface area contributed by atoms with Crippen LogP contribution in [0.3, 0.4) is 0 Å². The van der Waals surface area contributed by atoms with Crippen molar-refractivity contribution in [2.75, 3.05) is 47.1 Å². The second-order valence-electron chi connectivity index (χ2n) is 8.23. The number of rotatable bonds is 25. The van der Waals surface area contributed by atoms with Crippen molar-refractivity contribution < 1.29 is 28.0 Å². The van der Waals surface area contributed by atoms with Crippen LogP contribution in [0.4, 0.5) is 0 Å². The maximum atomic E-state index is 11.7. The summed E-state index contributed by atoms with van der Waals surface area (Å²) >= 11 is 0. The molecule has 31 heavy (non-hydrogen) atoms. The molecule has 0 heterocycles. The van der Waals surface area contributed by atoms with E-state index < -0.39 is 7.82 Å². The fourth-order valence-electron chi connectivity index (χ4n) is 3.28. The predicted molar refractivity (Wildman–Crippen MR) is 128 cm³/mol. The third kappa shape index (κ3) is 23.0. The molecule has 0 spiro atoms. The molecule has 0 aliphatic carbocycles. The van der Waals surface area contributed by atoms with Gasteiger partial charge < -0.3 is 19.7 Å². The summed E-state index contributed by atoms with van der Waals surface area (Å²) in [5.74, 6) is 0. The largest absolute Gasteiger partial charge is 0.472 e. The lowest BCUT2D eigenvalue weighted by Gasteiger charge is -2.18. The van der Waals surface area contributed by atoms with Crippen molar-refractivity contribution in [2.45, 2.75) is 103 Å². The maximum Gasteiger partial charge on any atom is 0.472 e. The number of phosphoric ester groups is 1. The molecule has 7 nitrogen and oxygen atoms in total. The van der Waals surface area contributed by atoms with E-state index in [2.05, 4.69) is 12.2 Å². The molecule has 0 aromatic carbocycles. The van der Waals surface area contributed by atoms with Gasteiger partial charge >= 0.3 is 7.82 Å². The monoisotopic (exact) mass is 467 g/mol. The second-order valence-corrected chi connectivity index (χ2v) is 9.68. The van der Waals surface area contributed by atoms with Crippen LogP contribution < -0.4 is 5.32 Å². The minimum atomic E-state index is -4.04. The quantitative estimate of drug-likeness (QED) is 0.129. The Hall–Kier alpha value is -0.0100. The fraction of sp³-hybridized carbons (Fsp3) is 1.00. The lowest BCUT2D eigenvalue weighted by Crippen LogP contribution is -2.24. The average Bonchev–Trinajstić information content (AvgIpc) is 2.75. The van der Waals surface area contributed by atoms with Gasteiger partial charge in [-0.2, -0.15) is 0 Å². The van der Waals surface area contributed by atoms with Crippen LogP contribution in [0.15, 0.2) is 0 Å². The lowest BCUT2D eigenvalue weighted by atomic mass is 10.0. The van der Waals surface area contributed by atoms with Gasteiger partial charge in [-0.05, 0) is 13.5 Å². The molecule has 0 saturated heterocycles. The normalized spacial score (nSPS) is 14.6. The summed E-state index contributed by atoms with van der Waals surface area (Å²) < 4.78 is 32.4. The first kappa shape index (κ1) is 31.0. The van der Waals surface area contributed by atoms with Crippen molar-refractivity contribution in [3.05, 3.63) is 0 Å². The van der Waals surface area contributed by atoms with Gasteiger partial charge in [0.25, 0.3) is 0 Å². The summed E-state index contributed by atoms with van der Waals surface area (Å²) in [4.78, 5) is 9.58. The van der Waals surface area contributed by atoms with Crippen LogP contribution in [-0.4, -0.2) is 58.1 Å². The van der Waals surface area contributed by atoms with Gasteiger partial charge in [0.1, 0.15) is 6.10 Å². The Labute approximate surface area is 191 Å². The highest BCUT2D eigenvalue weighted by Crippen LogP contribution is 2.43. The van der Waals surface area contributed by atoms with Crippen LogP contribution in [0.25, 0.3) is 0 Å². The number of nitrogens with one attached hydrogen (secondary N) is 1. The van der Waals surface area contributed by atoms with E-state index in [0.717, 1.165) is 6.42 Å². The SMILES string of the molecule is CCCCCCCCCCCCCCCCOCC(COP(=O)(O)OCCNC)OC. The fourth-order valence-corrected chi connectivity index (χ4v) is 4.03. The molecule has 0 aliphatic rings. The highest BCUT2D eigenvalue weighted by Gasteiger charge is 2.23. The Morgan fingerprint density at radius 3 is 1.77 bits per heavy atom. The molecule has 0 amide bonds. The molecular weight excluding hydrogens is 417 g/mol. The molecule has 0 rings (SSSR count). The third-order valence-corrected chi connectivity index (χ3v) is 6.29. The molecule has 188 valence electrons. The summed E-state index contributed by atoms with van der Waals surface area (Å²) in [5.41, 5.74) is 0. The smallest absolute Gasteiger partial charge is 0.379 e. The van der Waals surface area contributed by atoms with Crippen LogP contribution in [0, 0.1) is 0 Å². The van der Waals surface area contributed by atoms with E-state index in [1.165, 1.54) is 90.6 Å². The number of unbranched alkanes of at least 4 members (excludes halogenated alkanes) is 13. The van der Waals surface area contributed by atoms with Crippen LogP contribution in [0.2, 0.25) is 0 Å². The molecule has 0 fully saturated rings. The van der Waals surface area contributed by atoms with E-state index in [0.29, 0.717) is 19.8 Å². The molecule has 0 aliphatic heterocycles. The zero-order valence-corrected chi connectivity index (χ0v) is 21.3. The Morgan fingerprint density at radius 1 is 0.774 bits per heavy atom. The molecule has 0 saturated carbocycles. The number of phosphoric acid groups is 1. The van der Waals surface area contributed by atoms with Gasteiger partial charge in [-0.3, -0.25) is 9.05 Å². The van der Waals surface area contributed by atoms with Crippen LogP contribution >= 0.6 is 7.82 Å². The molecule has 0 aromatic rings. The first-order valence-electron chi connectivity index (χ1n) is 12.4. The van der Waals surface area contributed by atoms with Crippen molar-refractivity contribution in [2.24, 2.45) is 0 Å². The van der Waals surface area contributed by atoms with Crippen molar-refractivity contribution >= 4 is 7.82 Å². The highest BCUT2D eigenvalue weighted by atomic mass is 31.2. The Morgan fingerprint density at radius 2 is 1.29 bits per heavy atom. The van der Waals surface area contributed by atoms with Gasteiger partial charge in [0.15, 0.2) is 0 Å².